The van der Waals surface area contributed by atoms with Crippen LogP contribution in [-0.4, -0.2) is 36.7 Å². The van der Waals surface area contributed by atoms with Gasteiger partial charge >= 0.3 is 5.97 Å². The van der Waals surface area contributed by atoms with E-state index in [1.165, 1.54) is 13.5 Å². The Morgan fingerprint density at radius 1 is 1.15 bits per heavy atom. The van der Waals surface area contributed by atoms with Crippen LogP contribution in [0.4, 0.5) is 0 Å². The molecule has 0 aromatic carbocycles. The molecule has 4 rings (SSSR count). The van der Waals surface area contributed by atoms with Gasteiger partial charge < -0.3 is 15.2 Å². The second kappa shape index (κ2) is 5.35. The minimum Gasteiger partial charge on any atom is -0.467 e. The minimum atomic E-state index is -0.926. The molecule has 5 nitrogen and oxygen atoms in total. The van der Waals surface area contributed by atoms with Crippen LogP contribution in [0.25, 0.3) is 0 Å². The molecule has 0 aliphatic heterocycles. The third-order valence-electron chi connectivity index (χ3n) is 5.51. The van der Waals surface area contributed by atoms with Crippen molar-refractivity contribution in [1.82, 2.24) is 5.32 Å². The average Bonchev–Trinajstić information content (AvgIpc) is 2.42. The van der Waals surface area contributed by atoms with Gasteiger partial charge in [0.2, 0.25) is 5.91 Å². The van der Waals surface area contributed by atoms with Crippen molar-refractivity contribution < 1.29 is 19.4 Å². The van der Waals surface area contributed by atoms with Crippen LogP contribution in [-0.2, 0) is 14.3 Å². The van der Waals surface area contributed by atoms with Gasteiger partial charge in [0.05, 0.1) is 13.7 Å². The molecule has 4 bridgehead atoms. The van der Waals surface area contributed by atoms with Gasteiger partial charge in [-0.05, 0) is 55.8 Å². The van der Waals surface area contributed by atoms with Gasteiger partial charge in [0, 0.05) is 5.92 Å². The summed E-state index contributed by atoms with van der Waals surface area (Å²) >= 11 is 0. The van der Waals surface area contributed by atoms with Gasteiger partial charge in [-0.15, -0.1) is 0 Å². The molecule has 4 aliphatic carbocycles. The van der Waals surface area contributed by atoms with Crippen LogP contribution < -0.4 is 5.32 Å². The highest BCUT2D eigenvalue weighted by molar-refractivity contribution is 5.86. The molecular weight excluding hydrogens is 258 g/mol. The zero-order chi connectivity index (χ0) is 14.3. The Labute approximate surface area is 119 Å². The lowest BCUT2D eigenvalue weighted by Crippen LogP contribution is -2.54. The highest BCUT2D eigenvalue weighted by Gasteiger charge is 2.51. The van der Waals surface area contributed by atoms with Crippen LogP contribution in [0.15, 0.2) is 0 Å². The fraction of sp³-hybridized carbons (Fsp3) is 0.867. The topological polar surface area (TPSA) is 75.6 Å². The van der Waals surface area contributed by atoms with Crippen molar-refractivity contribution in [2.45, 2.75) is 38.1 Å². The van der Waals surface area contributed by atoms with Gasteiger partial charge in [-0.25, -0.2) is 4.79 Å². The van der Waals surface area contributed by atoms with Gasteiger partial charge in [-0.3, -0.25) is 4.79 Å². The number of amides is 1. The Bertz CT molecular complexity index is 381. The lowest BCUT2D eigenvalue weighted by Gasteiger charge is -2.53. The van der Waals surface area contributed by atoms with Crippen LogP contribution in [0, 0.1) is 29.6 Å². The Hall–Kier alpha value is -1.10. The number of esters is 1. The molecule has 2 N–H and O–H groups in total. The predicted molar refractivity (Wildman–Crippen MR) is 71.6 cm³/mol. The molecule has 112 valence electrons. The van der Waals surface area contributed by atoms with Crippen LogP contribution in [0.1, 0.15) is 32.1 Å². The van der Waals surface area contributed by atoms with Crippen LogP contribution >= 0.6 is 0 Å². The molecule has 20 heavy (non-hydrogen) atoms. The van der Waals surface area contributed by atoms with E-state index in [-0.39, 0.29) is 11.8 Å². The number of rotatable bonds is 4. The van der Waals surface area contributed by atoms with Crippen LogP contribution in [0.3, 0.4) is 0 Å². The maximum Gasteiger partial charge on any atom is 0.330 e. The number of aliphatic hydroxyl groups excluding tert-OH is 1. The lowest BCUT2D eigenvalue weighted by atomic mass is 9.51. The Morgan fingerprint density at radius 3 is 2.15 bits per heavy atom. The number of ether oxygens (including phenoxy) is 1. The highest BCUT2D eigenvalue weighted by atomic mass is 16.5. The maximum absolute atomic E-state index is 12.5. The first-order valence-corrected chi connectivity index (χ1v) is 7.61. The number of hydrogen-bond donors (Lipinski definition) is 2. The van der Waals surface area contributed by atoms with E-state index in [2.05, 4.69) is 10.1 Å². The van der Waals surface area contributed by atoms with E-state index in [0.29, 0.717) is 11.8 Å². The maximum atomic E-state index is 12.5. The summed E-state index contributed by atoms with van der Waals surface area (Å²) in [4.78, 5) is 24.0. The average molecular weight is 281 g/mol. The molecule has 0 saturated heterocycles. The highest BCUT2D eigenvalue weighted by Crippen LogP contribution is 2.56. The summed E-state index contributed by atoms with van der Waals surface area (Å²) in [5, 5.41) is 11.9. The van der Waals surface area contributed by atoms with Gasteiger partial charge in [0.25, 0.3) is 0 Å². The second-order valence-electron chi connectivity index (χ2n) is 6.72. The smallest absolute Gasteiger partial charge is 0.330 e. The van der Waals surface area contributed by atoms with Crippen LogP contribution in [0.2, 0.25) is 0 Å². The SMILES string of the molecule is COC(=O)C(CO)NC(=O)C1C2CC3CC(C2)CC1C3. The van der Waals surface area contributed by atoms with Crippen molar-refractivity contribution in [2.75, 3.05) is 13.7 Å². The molecule has 1 atom stereocenters. The molecule has 4 saturated carbocycles. The first-order chi connectivity index (χ1) is 9.62. The summed E-state index contributed by atoms with van der Waals surface area (Å²) in [7, 11) is 1.26. The standard InChI is InChI=1S/C15H23NO4/c1-20-15(19)12(7-17)16-14(18)13-10-3-8-2-9(5-10)6-11(13)4-8/h8-13,17H,2-7H2,1H3,(H,16,18). The molecule has 0 heterocycles. The number of methoxy groups -OCH3 is 1. The van der Waals surface area contributed by atoms with E-state index < -0.39 is 18.6 Å². The van der Waals surface area contributed by atoms with E-state index in [0.717, 1.165) is 37.5 Å². The van der Waals surface area contributed by atoms with Crippen molar-refractivity contribution >= 4 is 11.9 Å². The summed E-state index contributed by atoms with van der Waals surface area (Å²) in [6.45, 7) is -0.411. The van der Waals surface area contributed by atoms with Crippen molar-refractivity contribution in [3.8, 4) is 0 Å². The summed E-state index contributed by atoms with van der Waals surface area (Å²) in [5.74, 6) is 1.97. The Morgan fingerprint density at radius 2 is 1.70 bits per heavy atom. The largest absolute Gasteiger partial charge is 0.467 e. The molecule has 0 radical (unpaired) electrons. The molecule has 5 heteroatoms. The zero-order valence-corrected chi connectivity index (χ0v) is 11.9. The second-order valence-corrected chi connectivity index (χ2v) is 6.72. The number of hydrogen-bond acceptors (Lipinski definition) is 4. The quantitative estimate of drug-likeness (QED) is 0.744. The Kier molecular flexibility index (Phi) is 3.71. The number of aliphatic hydroxyl groups is 1. The normalized spacial score (nSPS) is 39.4. The third kappa shape index (κ3) is 2.32. The minimum absolute atomic E-state index is 0.0292. The fourth-order valence-electron chi connectivity index (χ4n) is 4.94. The molecule has 0 spiro atoms. The van der Waals surface area contributed by atoms with E-state index in [1.807, 2.05) is 0 Å². The summed E-state index contributed by atoms with van der Waals surface area (Å²) in [5.41, 5.74) is 0. The third-order valence-corrected chi connectivity index (χ3v) is 5.51. The van der Waals surface area contributed by atoms with E-state index in [1.54, 1.807) is 0 Å². The molecule has 1 unspecified atom stereocenters. The van der Waals surface area contributed by atoms with E-state index >= 15 is 0 Å². The molecule has 0 aromatic heterocycles. The van der Waals surface area contributed by atoms with E-state index in [4.69, 9.17) is 0 Å². The van der Waals surface area contributed by atoms with Crippen molar-refractivity contribution in [3.05, 3.63) is 0 Å². The molecule has 4 fully saturated rings. The summed E-state index contributed by atoms with van der Waals surface area (Å²) in [6.07, 6.45) is 5.99. The van der Waals surface area contributed by atoms with Gasteiger partial charge in [-0.1, -0.05) is 0 Å². The molecular formula is C15H23NO4. The van der Waals surface area contributed by atoms with Gasteiger partial charge in [0.15, 0.2) is 6.04 Å². The van der Waals surface area contributed by atoms with Gasteiger partial charge in [-0.2, -0.15) is 0 Å². The first kappa shape index (κ1) is 13.9. The zero-order valence-electron chi connectivity index (χ0n) is 11.9. The summed E-state index contributed by atoms with van der Waals surface area (Å²) < 4.78 is 4.60. The number of carbonyl (C=O) groups excluding carboxylic acids is 2. The van der Waals surface area contributed by atoms with E-state index in [9.17, 15) is 14.7 Å². The van der Waals surface area contributed by atoms with Crippen molar-refractivity contribution in [2.24, 2.45) is 29.6 Å². The van der Waals surface area contributed by atoms with Crippen molar-refractivity contribution in [3.63, 3.8) is 0 Å². The van der Waals surface area contributed by atoms with Crippen LogP contribution in [0.5, 0.6) is 0 Å². The predicted octanol–water partition coefficient (Wildman–Crippen LogP) is 0.709. The molecule has 4 aliphatic rings. The lowest BCUT2D eigenvalue weighted by molar-refractivity contribution is -0.149. The monoisotopic (exact) mass is 281 g/mol. The number of nitrogens with one attached hydrogen (secondary N) is 1. The fourth-order valence-corrected chi connectivity index (χ4v) is 4.94. The first-order valence-electron chi connectivity index (χ1n) is 7.61. The summed E-state index contributed by atoms with van der Waals surface area (Å²) in [6, 6.07) is -0.926. The Balaban J connectivity index is 1.67. The molecule has 1 amide bonds. The molecule has 0 aromatic rings. The van der Waals surface area contributed by atoms with Crippen molar-refractivity contribution in [1.29, 1.82) is 0 Å². The van der Waals surface area contributed by atoms with Gasteiger partial charge in [0.1, 0.15) is 0 Å². The number of carbonyl (C=O) groups is 2.